The van der Waals surface area contributed by atoms with Gasteiger partial charge in [0.2, 0.25) is 0 Å². The highest BCUT2D eigenvalue weighted by Gasteiger charge is 2.52. The second-order valence-electron chi connectivity index (χ2n) is 19.3. The molecule has 2 aliphatic rings. The van der Waals surface area contributed by atoms with Crippen LogP contribution in [0.15, 0.2) is 231 Å². The lowest BCUT2D eigenvalue weighted by Crippen LogP contribution is -2.25. The van der Waals surface area contributed by atoms with Gasteiger partial charge >= 0.3 is 0 Å². The molecule has 2 aromatic heterocycles. The van der Waals surface area contributed by atoms with E-state index in [9.17, 15) is 0 Å². The van der Waals surface area contributed by atoms with E-state index >= 15 is 0 Å². The fourth-order valence-corrected chi connectivity index (χ4v) is 12.7. The molecule has 2 aliphatic carbocycles. The number of hydrogen-bond acceptors (Lipinski definition) is 2. The van der Waals surface area contributed by atoms with E-state index in [0.29, 0.717) is 0 Å². The summed E-state index contributed by atoms with van der Waals surface area (Å²) in [5.41, 5.74) is 23.6. The number of benzene rings is 11. The van der Waals surface area contributed by atoms with Gasteiger partial charge in [0, 0.05) is 25.2 Å². The summed E-state index contributed by atoms with van der Waals surface area (Å²) >= 11 is 0. The van der Waals surface area contributed by atoms with E-state index < -0.39 is 5.41 Å². The number of nitrogens with zero attached hydrogens (tertiary/aromatic N) is 4. The van der Waals surface area contributed by atoms with Crippen LogP contribution in [0.5, 0.6) is 0 Å². The Bertz CT molecular complexity index is 4140. The van der Waals surface area contributed by atoms with E-state index in [-0.39, 0.29) is 0 Å². The summed E-state index contributed by atoms with van der Waals surface area (Å²) in [6.07, 6.45) is 0. The van der Waals surface area contributed by atoms with E-state index in [4.69, 9.17) is 9.97 Å². The Labute approximate surface area is 411 Å². The van der Waals surface area contributed by atoms with E-state index in [1.807, 2.05) is 0 Å². The van der Waals surface area contributed by atoms with Crippen molar-refractivity contribution in [1.82, 2.24) is 19.1 Å². The quantitative estimate of drug-likeness (QED) is 0.161. The molecule has 0 radical (unpaired) electrons. The Balaban J connectivity index is 1.03. The highest BCUT2D eigenvalue weighted by molar-refractivity contribution is 6.21. The number of imidazole rings is 2. The van der Waals surface area contributed by atoms with Crippen LogP contribution in [0.1, 0.15) is 22.3 Å². The zero-order valence-electron chi connectivity index (χ0n) is 39.2. The normalized spacial score (nSPS) is 13.0. The van der Waals surface area contributed by atoms with Gasteiger partial charge in [-0.3, -0.25) is 0 Å². The maximum absolute atomic E-state index is 5.13. The fourth-order valence-electron chi connectivity index (χ4n) is 12.7. The van der Waals surface area contributed by atoms with E-state index in [2.05, 4.69) is 254 Å². The first-order valence-corrected chi connectivity index (χ1v) is 24.5. The average Bonchev–Trinajstić information content (AvgIpc) is 4.14. The molecule has 0 fully saturated rings. The molecule has 0 saturated heterocycles. The minimum atomic E-state index is -0.458. The van der Waals surface area contributed by atoms with Crippen LogP contribution in [-0.2, 0) is 19.5 Å². The Morgan fingerprint density at radius 3 is 1.23 bits per heavy atom. The van der Waals surface area contributed by atoms with Crippen molar-refractivity contribution in [1.29, 1.82) is 0 Å². The zero-order chi connectivity index (χ0) is 47.0. The second-order valence-corrected chi connectivity index (χ2v) is 19.3. The first-order chi connectivity index (χ1) is 35.1. The van der Waals surface area contributed by atoms with Crippen LogP contribution in [0.25, 0.3) is 122 Å². The van der Waals surface area contributed by atoms with E-state index in [0.717, 1.165) is 56.0 Å². The molecule has 2 heterocycles. The van der Waals surface area contributed by atoms with Crippen molar-refractivity contribution in [3.8, 4) is 78.4 Å². The van der Waals surface area contributed by atoms with Gasteiger partial charge in [0.1, 0.15) is 11.6 Å². The van der Waals surface area contributed by atoms with Gasteiger partial charge in [-0.2, -0.15) is 0 Å². The second kappa shape index (κ2) is 14.9. The Kier molecular flexibility index (Phi) is 8.38. The summed E-state index contributed by atoms with van der Waals surface area (Å²) < 4.78 is 4.46. The van der Waals surface area contributed by atoms with Gasteiger partial charge in [-0.25, -0.2) is 9.97 Å². The predicted octanol–water partition coefficient (Wildman–Crippen LogP) is 16.4. The minimum absolute atomic E-state index is 0.458. The van der Waals surface area contributed by atoms with Crippen molar-refractivity contribution in [3.63, 3.8) is 0 Å². The van der Waals surface area contributed by atoms with Crippen molar-refractivity contribution in [3.05, 3.63) is 253 Å². The van der Waals surface area contributed by atoms with Crippen molar-refractivity contribution in [2.75, 3.05) is 0 Å². The molecule has 0 bridgehead atoms. The summed E-state index contributed by atoms with van der Waals surface area (Å²) in [4.78, 5) is 10.3. The highest BCUT2D eigenvalue weighted by Crippen LogP contribution is 2.64. The Hall–Kier alpha value is -9.12. The zero-order valence-corrected chi connectivity index (χ0v) is 39.2. The molecule has 11 aromatic carbocycles. The number of fused-ring (bicyclic) bond motifs is 14. The summed E-state index contributed by atoms with van der Waals surface area (Å²) in [6.45, 7) is 0. The molecule has 13 aromatic rings. The lowest BCUT2D eigenvalue weighted by molar-refractivity contribution is 0.794. The van der Waals surface area contributed by atoms with Crippen LogP contribution in [0.2, 0.25) is 0 Å². The number of aromatic nitrogens is 4. The number of aryl methyl sites for hydroxylation is 2. The van der Waals surface area contributed by atoms with Crippen molar-refractivity contribution in [2.24, 2.45) is 14.1 Å². The molecule has 71 heavy (non-hydrogen) atoms. The first kappa shape index (κ1) is 39.8. The van der Waals surface area contributed by atoms with Crippen molar-refractivity contribution in [2.45, 2.75) is 5.41 Å². The highest BCUT2D eigenvalue weighted by atomic mass is 15.1. The summed E-state index contributed by atoms with van der Waals surface area (Å²) in [5.74, 6) is 1.91. The molecule has 1 spiro atoms. The smallest absolute Gasteiger partial charge is 0.140 e. The summed E-state index contributed by atoms with van der Waals surface area (Å²) in [5, 5.41) is 4.84. The average molecular weight is 905 g/mol. The number of rotatable bonds is 5. The van der Waals surface area contributed by atoms with E-state index in [1.54, 1.807) is 0 Å². The summed E-state index contributed by atoms with van der Waals surface area (Å²) in [7, 11) is 4.26. The predicted molar refractivity (Wildman–Crippen MR) is 293 cm³/mol. The monoisotopic (exact) mass is 904 g/mol. The van der Waals surface area contributed by atoms with Gasteiger partial charge in [-0.05, 0) is 130 Å². The van der Waals surface area contributed by atoms with Gasteiger partial charge < -0.3 is 9.13 Å². The molecule has 15 rings (SSSR count). The van der Waals surface area contributed by atoms with Gasteiger partial charge in [-0.1, -0.05) is 200 Å². The summed E-state index contributed by atoms with van der Waals surface area (Å²) in [6, 6.07) is 85.2. The Morgan fingerprint density at radius 1 is 0.296 bits per heavy atom. The minimum Gasteiger partial charge on any atom is -0.327 e. The maximum atomic E-state index is 5.13. The van der Waals surface area contributed by atoms with Gasteiger partial charge in [0.25, 0.3) is 0 Å². The standard InChI is InChI=1S/C67H44N4/c1-70-61-38-43(34-36-59(61)68-65(70)41-18-5-3-6-19-41)45-25-15-27-49-53(45)40-54-46(44-35-37-60-62(39-44)71(2)66(69-60)42-20-7-4-8-21-42)26-16-28-50(54)63(49)52-29-17-33-58-64(52)51-24-11-14-32-57(51)67(58)55-30-12-9-22-47(55)48-23-10-13-31-56(48)67/h3-40H,1-2H3. The third kappa shape index (κ3) is 5.50. The topological polar surface area (TPSA) is 35.6 Å². The molecule has 0 amide bonds. The molecule has 0 N–H and O–H groups in total. The van der Waals surface area contributed by atoms with Gasteiger partial charge in [0.05, 0.1) is 27.5 Å². The molecule has 4 heteroatoms. The fraction of sp³-hybridized carbons (Fsp3) is 0.0448. The maximum Gasteiger partial charge on any atom is 0.140 e. The lowest BCUT2D eigenvalue weighted by atomic mass is 9.70. The molecular formula is C67H44N4. The SMILES string of the molecule is Cn1c(-c2ccccc2)nc2ccc(-c3cccc4c(-c5cccc6c5-c5ccccc5C65c6ccccc6-c6ccccc65)c5cccc(-c6ccc7nc(-c8ccccc8)n(C)c7c6)c5cc34)cc21. The molecular weight excluding hydrogens is 861 g/mol. The van der Waals surface area contributed by atoms with E-state index in [1.165, 1.54) is 88.3 Å². The van der Waals surface area contributed by atoms with Crippen LogP contribution in [-0.4, -0.2) is 19.1 Å². The molecule has 0 atom stereocenters. The first-order valence-electron chi connectivity index (χ1n) is 24.5. The van der Waals surface area contributed by atoms with Crippen LogP contribution < -0.4 is 0 Å². The molecule has 0 saturated carbocycles. The van der Waals surface area contributed by atoms with Gasteiger partial charge in [0.15, 0.2) is 0 Å². The lowest BCUT2D eigenvalue weighted by Gasteiger charge is -2.30. The largest absolute Gasteiger partial charge is 0.327 e. The van der Waals surface area contributed by atoms with Crippen molar-refractivity contribution >= 4 is 43.6 Å². The third-order valence-corrected chi connectivity index (χ3v) is 15.8. The molecule has 0 unspecified atom stereocenters. The van der Waals surface area contributed by atoms with Crippen LogP contribution in [0.3, 0.4) is 0 Å². The molecule has 4 nitrogen and oxygen atoms in total. The van der Waals surface area contributed by atoms with Gasteiger partial charge in [-0.15, -0.1) is 0 Å². The van der Waals surface area contributed by atoms with Crippen molar-refractivity contribution < 1.29 is 0 Å². The van der Waals surface area contributed by atoms with Crippen LogP contribution >= 0.6 is 0 Å². The Morgan fingerprint density at radius 2 is 0.704 bits per heavy atom. The third-order valence-electron chi connectivity index (χ3n) is 15.8. The van der Waals surface area contributed by atoms with Crippen LogP contribution in [0, 0.1) is 0 Å². The van der Waals surface area contributed by atoms with Crippen LogP contribution in [0.4, 0.5) is 0 Å². The molecule has 0 aliphatic heterocycles. The molecule has 332 valence electrons. The number of hydrogen-bond donors (Lipinski definition) is 0.